The SMILES string of the molecule is CCN(CCCNC(=O)c1ccc([N+](=O)[O-])cc1)CCOc1ccc([N+](=O)[O-])cc1. The van der Waals surface area contributed by atoms with E-state index in [-0.39, 0.29) is 17.3 Å². The number of nitrogens with one attached hydrogen (secondary N) is 1. The zero-order chi connectivity index (χ0) is 21.9. The molecule has 0 atom stereocenters. The molecular formula is C20H24N4O6. The molecule has 1 N–H and O–H groups in total. The van der Waals surface area contributed by atoms with Crippen LogP contribution in [0.5, 0.6) is 5.75 Å². The van der Waals surface area contributed by atoms with Crippen molar-refractivity contribution in [2.75, 3.05) is 32.8 Å². The first-order valence-electron chi connectivity index (χ1n) is 9.53. The molecule has 2 aromatic carbocycles. The first-order valence-corrected chi connectivity index (χ1v) is 9.53. The van der Waals surface area contributed by atoms with E-state index in [4.69, 9.17) is 4.74 Å². The van der Waals surface area contributed by atoms with Gasteiger partial charge >= 0.3 is 0 Å². The van der Waals surface area contributed by atoms with Gasteiger partial charge in [-0.25, -0.2) is 0 Å². The third kappa shape index (κ3) is 7.13. The fourth-order valence-electron chi connectivity index (χ4n) is 2.73. The Bertz CT molecular complexity index is 855. The van der Waals surface area contributed by atoms with Crippen molar-refractivity contribution in [3.63, 3.8) is 0 Å². The standard InChI is InChI=1S/C20H24N4O6/c1-2-22(14-15-30-19-10-8-18(9-11-19)24(28)29)13-3-12-21-20(25)16-4-6-17(7-5-16)23(26)27/h4-11H,2-3,12-15H2,1H3,(H,21,25). The average molecular weight is 416 g/mol. The van der Waals surface area contributed by atoms with Crippen LogP contribution in [-0.2, 0) is 0 Å². The molecule has 1 amide bonds. The number of amides is 1. The molecule has 0 radical (unpaired) electrons. The van der Waals surface area contributed by atoms with Gasteiger partial charge < -0.3 is 15.0 Å². The second kappa shape index (κ2) is 11.5. The molecule has 0 aliphatic rings. The van der Waals surface area contributed by atoms with E-state index >= 15 is 0 Å². The van der Waals surface area contributed by atoms with Crippen molar-refractivity contribution in [2.24, 2.45) is 0 Å². The number of likely N-dealkylation sites (N-methyl/N-ethyl adjacent to an activating group) is 1. The Morgan fingerprint density at radius 3 is 2.07 bits per heavy atom. The third-order valence-electron chi connectivity index (χ3n) is 4.45. The Morgan fingerprint density at radius 1 is 0.967 bits per heavy atom. The van der Waals surface area contributed by atoms with Crippen molar-refractivity contribution in [3.8, 4) is 5.75 Å². The highest BCUT2D eigenvalue weighted by Crippen LogP contribution is 2.17. The molecular weight excluding hydrogens is 392 g/mol. The minimum atomic E-state index is -0.508. The molecule has 0 aliphatic carbocycles. The molecule has 30 heavy (non-hydrogen) atoms. The third-order valence-corrected chi connectivity index (χ3v) is 4.45. The number of non-ortho nitro benzene ring substituents is 2. The summed E-state index contributed by atoms with van der Waals surface area (Å²) in [5, 5.41) is 24.1. The quantitative estimate of drug-likeness (QED) is 0.320. The summed E-state index contributed by atoms with van der Waals surface area (Å²) < 4.78 is 5.62. The van der Waals surface area contributed by atoms with Crippen LogP contribution in [0.4, 0.5) is 11.4 Å². The maximum Gasteiger partial charge on any atom is 0.269 e. The van der Waals surface area contributed by atoms with Crippen molar-refractivity contribution in [3.05, 3.63) is 74.3 Å². The summed E-state index contributed by atoms with van der Waals surface area (Å²) in [7, 11) is 0. The van der Waals surface area contributed by atoms with E-state index in [2.05, 4.69) is 10.2 Å². The number of carbonyl (C=O) groups is 1. The summed E-state index contributed by atoms with van der Waals surface area (Å²) in [5.74, 6) is 0.307. The van der Waals surface area contributed by atoms with Crippen LogP contribution in [0.3, 0.4) is 0 Å². The molecule has 10 nitrogen and oxygen atoms in total. The van der Waals surface area contributed by atoms with Crippen LogP contribution in [0.25, 0.3) is 0 Å². The molecule has 0 saturated heterocycles. The maximum atomic E-state index is 12.1. The second-order valence-corrected chi connectivity index (χ2v) is 6.45. The predicted octanol–water partition coefficient (Wildman–Crippen LogP) is 3.02. The number of hydrogen-bond acceptors (Lipinski definition) is 7. The number of nitro benzene ring substituents is 2. The van der Waals surface area contributed by atoms with Crippen molar-refractivity contribution in [1.29, 1.82) is 0 Å². The zero-order valence-corrected chi connectivity index (χ0v) is 16.7. The van der Waals surface area contributed by atoms with E-state index in [1.54, 1.807) is 12.1 Å². The first kappa shape index (κ1) is 22.8. The lowest BCUT2D eigenvalue weighted by Crippen LogP contribution is -2.32. The summed E-state index contributed by atoms with van der Waals surface area (Å²) in [6, 6.07) is 11.4. The van der Waals surface area contributed by atoms with Gasteiger partial charge in [0, 0.05) is 42.9 Å². The Labute approximate surface area is 173 Å². The first-order chi connectivity index (χ1) is 14.4. The Morgan fingerprint density at radius 2 is 1.53 bits per heavy atom. The average Bonchev–Trinajstić information content (AvgIpc) is 2.75. The molecule has 0 bridgehead atoms. The largest absolute Gasteiger partial charge is 0.492 e. The smallest absolute Gasteiger partial charge is 0.269 e. The molecule has 2 rings (SSSR count). The molecule has 2 aromatic rings. The number of rotatable bonds is 12. The normalized spacial score (nSPS) is 10.6. The van der Waals surface area contributed by atoms with Gasteiger partial charge in [0.25, 0.3) is 17.3 Å². The van der Waals surface area contributed by atoms with Crippen LogP contribution >= 0.6 is 0 Å². The van der Waals surface area contributed by atoms with Crippen molar-refractivity contribution >= 4 is 17.3 Å². The lowest BCUT2D eigenvalue weighted by atomic mass is 10.2. The monoisotopic (exact) mass is 416 g/mol. The molecule has 0 fully saturated rings. The van der Waals surface area contributed by atoms with Gasteiger partial charge in [-0.3, -0.25) is 25.0 Å². The van der Waals surface area contributed by atoms with Crippen LogP contribution in [0.15, 0.2) is 48.5 Å². The van der Waals surface area contributed by atoms with Crippen LogP contribution in [0.2, 0.25) is 0 Å². The Balaban J connectivity index is 1.66. The van der Waals surface area contributed by atoms with Gasteiger partial charge in [-0.1, -0.05) is 6.92 Å². The summed E-state index contributed by atoms with van der Waals surface area (Å²) in [6.45, 7) is 5.22. The number of nitro groups is 2. The Hall–Kier alpha value is -3.53. The zero-order valence-electron chi connectivity index (χ0n) is 16.7. The molecule has 160 valence electrons. The van der Waals surface area contributed by atoms with Crippen LogP contribution in [-0.4, -0.2) is 53.4 Å². The topological polar surface area (TPSA) is 128 Å². The summed E-state index contributed by atoms with van der Waals surface area (Å²) in [5.41, 5.74) is 0.346. The van der Waals surface area contributed by atoms with E-state index in [1.165, 1.54) is 36.4 Å². The van der Waals surface area contributed by atoms with Gasteiger partial charge in [0.1, 0.15) is 12.4 Å². The molecule has 0 saturated carbocycles. The summed E-state index contributed by atoms with van der Waals surface area (Å²) in [4.78, 5) is 34.6. The minimum absolute atomic E-state index is 0.0216. The van der Waals surface area contributed by atoms with E-state index in [0.29, 0.717) is 31.0 Å². The van der Waals surface area contributed by atoms with Crippen LogP contribution in [0.1, 0.15) is 23.7 Å². The van der Waals surface area contributed by atoms with E-state index < -0.39 is 9.85 Å². The van der Waals surface area contributed by atoms with Crippen LogP contribution < -0.4 is 10.1 Å². The number of ether oxygens (including phenoxy) is 1. The highest BCUT2D eigenvalue weighted by molar-refractivity contribution is 5.94. The number of hydrogen-bond donors (Lipinski definition) is 1. The summed E-state index contributed by atoms with van der Waals surface area (Å²) in [6.07, 6.45) is 0.740. The molecule has 0 aliphatic heterocycles. The lowest BCUT2D eigenvalue weighted by Gasteiger charge is -2.20. The molecule has 10 heteroatoms. The van der Waals surface area contributed by atoms with Gasteiger partial charge in [-0.2, -0.15) is 0 Å². The van der Waals surface area contributed by atoms with Gasteiger partial charge in [-0.15, -0.1) is 0 Å². The van der Waals surface area contributed by atoms with Crippen molar-refractivity contribution in [2.45, 2.75) is 13.3 Å². The van der Waals surface area contributed by atoms with Crippen molar-refractivity contribution < 1.29 is 19.4 Å². The fraction of sp³-hybridized carbons (Fsp3) is 0.350. The van der Waals surface area contributed by atoms with Crippen LogP contribution in [0, 0.1) is 20.2 Å². The van der Waals surface area contributed by atoms with E-state index in [9.17, 15) is 25.0 Å². The minimum Gasteiger partial charge on any atom is -0.492 e. The number of benzene rings is 2. The molecule has 0 aromatic heterocycles. The van der Waals surface area contributed by atoms with Gasteiger partial charge in [0.15, 0.2) is 0 Å². The number of nitrogens with zero attached hydrogens (tertiary/aromatic N) is 3. The predicted molar refractivity (Wildman–Crippen MR) is 111 cm³/mol. The molecule has 0 heterocycles. The second-order valence-electron chi connectivity index (χ2n) is 6.45. The van der Waals surface area contributed by atoms with E-state index in [0.717, 1.165) is 19.5 Å². The molecule has 0 spiro atoms. The fourth-order valence-corrected chi connectivity index (χ4v) is 2.73. The van der Waals surface area contributed by atoms with Gasteiger partial charge in [0.05, 0.1) is 9.85 Å². The van der Waals surface area contributed by atoms with E-state index in [1.807, 2.05) is 6.92 Å². The lowest BCUT2D eigenvalue weighted by molar-refractivity contribution is -0.385. The highest BCUT2D eigenvalue weighted by Gasteiger charge is 2.10. The highest BCUT2D eigenvalue weighted by atomic mass is 16.6. The maximum absolute atomic E-state index is 12.1. The van der Waals surface area contributed by atoms with Crippen molar-refractivity contribution in [1.82, 2.24) is 10.2 Å². The number of carbonyl (C=O) groups excluding carboxylic acids is 1. The summed E-state index contributed by atoms with van der Waals surface area (Å²) >= 11 is 0. The van der Waals surface area contributed by atoms with Gasteiger partial charge in [0.2, 0.25) is 0 Å². The Kier molecular flexibility index (Phi) is 8.70. The van der Waals surface area contributed by atoms with Gasteiger partial charge in [-0.05, 0) is 43.8 Å². The molecule has 0 unspecified atom stereocenters.